The van der Waals surface area contributed by atoms with E-state index in [4.69, 9.17) is 21.1 Å². The van der Waals surface area contributed by atoms with Gasteiger partial charge in [-0.25, -0.2) is 24.1 Å². The van der Waals surface area contributed by atoms with Crippen molar-refractivity contribution in [3.05, 3.63) is 33.7 Å². The van der Waals surface area contributed by atoms with Crippen molar-refractivity contribution in [2.45, 2.75) is 32.9 Å². The zero-order valence-corrected chi connectivity index (χ0v) is 16.2. The number of nitrogens with zero attached hydrogens (tertiary/aromatic N) is 3. The molecule has 0 unspecified atom stereocenters. The zero-order valence-electron chi connectivity index (χ0n) is 14.6. The molecule has 2 rings (SSSR count). The third-order valence-corrected chi connectivity index (χ3v) is 4.37. The van der Waals surface area contributed by atoms with Crippen molar-refractivity contribution >= 4 is 40.4 Å². The van der Waals surface area contributed by atoms with Gasteiger partial charge in [-0.3, -0.25) is 4.79 Å². The Hall–Kier alpha value is -2.26. The lowest BCUT2D eigenvalue weighted by Gasteiger charge is -2.26. The van der Waals surface area contributed by atoms with E-state index in [1.54, 1.807) is 20.8 Å². The Labute approximate surface area is 158 Å². The summed E-state index contributed by atoms with van der Waals surface area (Å²) >= 11 is 6.82. The third kappa shape index (κ3) is 4.89. The highest BCUT2D eigenvalue weighted by Gasteiger charge is 2.28. The highest BCUT2D eigenvalue weighted by Crippen LogP contribution is 2.31. The van der Waals surface area contributed by atoms with Crippen LogP contribution in [0.3, 0.4) is 0 Å². The Bertz CT molecular complexity index is 822. The fourth-order valence-electron chi connectivity index (χ4n) is 1.95. The van der Waals surface area contributed by atoms with Gasteiger partial charge in [0.25, 0.3) is 0 Å². The maximum absolute atomic E-state index is 13.6. The number of halogens is 2. The number of ether oxygens (including phenoxy) is 2. The van der Waals surface area contributed by atoms with E-state index in [1.165, 1.54) is 13.2 Å². The molecule has 0 bridgehead atoms. The van der Waals surface area contributed by atoms with Crippen molar-refractivity contribution in [2.24, 2.45) is 0 Å². The summed E-state index contributed by atoms with van der Waals surface area (Å²) in [5.74, 6) is -0.436. The molecule has 0 aliphatic heterocycles. The molecule has 2 aromatic heterocycles. The van der Waals surface area contributed by atoms with Crippen molar-refractivity contribution < 1.29 is 23.5 Å². The van der Waals surface area contributed by atoms with Crippen molar-refractivity contribution in [3.63, 3.8) is 0 Å². The summed E-state index contributed by atoms with van der Waals surface area (Å²) < 4.78 is 24.1. The zero-order chi connectivity index (χ0) is 19.5. The molecule has 0 saturated heterocycles. The number of thiazole rings is 1. The number of carbonyl (C=O) groups excluding carboxylic acids is 2. The number of methoxy groups -OCH3 is 1. The molecule has 0 aliphatic rings. The SMILES string of the molecule is COc1ncc(F)cc1CN(C(=O)OC(C)(C)C)c1nc(Cl)c(C=O)s1. The van der Waals surface area contributed by atoms with Gasteiger partial charge in [0, 0.05) is 5.56 Å². The molecule has 10 heteroatoms. The summed E-state index contributed by atoms with van der Waals surface area (Å²) in [6.07, 6.45) is 0.818. The number of carbonyl (C=O) groups is 2. The van der Waals surface area contributed by atoms with E-state index in [1.807, 2.05) is 0 Å². The van der Waals surface area contributed by atoms with Crippen LogP contribution in [-0.4, -0.2) is 35.1 Å². The van der Waals surface area contributed by atoms with Gasteiger partial charge in [0.2, 0.25) is 5.88 Å². The largest absolute Gasteiger partial charge is 0.481 e. The topological polar surface area (TPSA) is 81.6 Å². The van der Waals surface area contributed by atoms with Crippen LogP contribution in [0.1, 0.15) is 36.0 Å². The van der Waals surface area contributed by atoms with Gasteiger partial charge in [0.15, 0.2) is 16.6 Å². The van der Waals surface area contributed by atoms with E-state index >= 15 is 0 Å². The Morgan fingerprint density at radius 2 is 2.15 bits per heavy atom. The van der Waals surface area contributed by atoms with E-state index < -0.39 is 17.5 Å². The molecule has 0 fully saturated rings. The van der Waals surface area contributed by atoms with Gasteiger partial charge in [0.05, 0.1) is 19.9 Å². The Kier molecular flexibility index (Phi) is 6.14. The predicted octanol–water partition coefficient (Wildman–Crippen LogP) is 4.09. The van der Waals surface area contributed by atoms with Crippen LogP contribution in [-0.2, 0) is 11.3 Å². The highest BCUT2D eigenvalue weighted by molar-refractivity contribution is 7.17. The van der Waals surface area contributed by atoms with E-state index in [2.05, 4.69) is 9.97 Å². The molecular formula is C16H17ClFN3O4S. The van der Waals surface area contributed by atoms with Gasteiger partial charge in [-0.1, -0.05) is 22.9 Å². The minimum Gasteiger partial charge on any atom is -0.481 e. The number of pyridine rings is 1. The number of aromatic nitrogens is 2. The molecule has 0 saturated carbocycles. The lowest BCUT2D eigenvalue weighted by atomic mass is 10.2. The van der Waals surface area contributed by atoms with Crippen LogP contribution < -0.4 is 9.64 Å². The quantitative estimate of drug-likeness (QED) is 0.702. The minimum atomic E-state index is -0.770. The van der Waals surface area contributed by atoms with Crippen LogP contribution in [0.15, 0.2) is 12.3 Å². The molecule has 0 radical (unpaired) electrons. The second-order valence-electron chi connectivity index (χ2n) is 6.16. The Morgan fingerprint density at radius 1 is 1.46 bits per heavy atom. The van der Waals surface area contributed by atoms with Crippen LogP contribution >= 0.6 is 22.9 Å². The van der Waals surface area contributed by atoms with Gasteiger partial charge in [-0.05, 0) is 26.8 Å². The van der Waals surface area contributed by atoms with Gasteiger partial charge in [-0.2, -0.15) is 0 Å². The van der Waals surface area contributed by atoms with Crippen molar-refractivity contribution in [1.29, 1.82) is 0 Å². The van der Waals surface area contributed by atoms with E-state index in [0.717, 1.165) is 22.4 Å². The fourth-order valence-corrected chi connectivity index (χ4v) is 3.01. The third-order valence-electron chi connectivity index (χ3n) is 2.96. The number of aldehydes is 1. The first-order chi connectivity index (χ1) is 12.1. The maximum Gasteiger partial charge on any atom is 0.416 e. The van der Waals surface area contributed by atoms with E-state index in [0.29, 0.717) is 11.8 Å². The molecule has 26 heavy (non-hydrogen) atoms. The predicted molar refractivity (Wildman–Crippen MR) is 95.7 cm³/mol. The van der Waals surface area contributed by atoms with Crippen LogP contribution in [0.5, 0.6) is 5.88 Å². The van der Waals surface area contributed by atoms with Crippen LogP contribution in [0, 0.1) is 5.82 Å². The summed E-state index contributed by atoms with van der Waals surface area (Å²) in [7, 11) is 1.38. The fraction of sp³-hybridized carbons (Fsp3) is 0.375. The first-order valence-corrected chi connectivity index (χ1v) is 8.64. The number of hydrogen-bond acceptors (Lipinski definition) is 7. The Balaban J connectivity index is 2.45. The molecule has 1 amide bonds. The molecule has 140 valence electrons. The van der Waals surface area contributed by atoms with Gasteiger partial charge < -0.3 is 9.47 Å². The lowest BCUT2D eigenvalue weighted by Crippen LogP contribution is -2.36. The second kappa shape index (κ2) is 7.96. The normalized spacial score (nSPS) is 11.2. The number of rotatable bonds is 5. The summed E-state index contributed by atoms with van der Waals surface area (Å²) in [6, 6.07) is 1.19. The Morgan fingerprint density at radius 3 is 2.69 bits per heavy atom. The highest BCUT2D eigenvalue weighted by atomic mass is 35.5. The molecule has 2 aromatic rings. The van der Waals surface area contributed by atoms with Crippen LogP contribution in [0.4, 0.5) is 14.3 Å². The summed E-state index contributed by atoms with van der Waals surface area (Å²) in [5.41, 5.74) is -0.467. The summed E-state index contributed by atoms with van der Waals surface area (Å²) in [4.78, 5) is 32.9. The van der Waals surface area contributed by atoms with Gasteiger partial charge in [-0.15, -0.1) is 0 Å². The number of anilines is 1. The molecular weight excluding hydrogens is 385 g/mol. The van der Waals surface area contributed by atoms with Gasteiger partial charge in [0.1, 0.15) is 16.3 Å². The van der Waals surface area contributed by atoms with Crippen LogP contribution in [0.25, 0.3) is 0 Å². The van der Waals surface area contributed by atoms with E-state index in [9.17, 15) is 14.0 Å². The van der Waals surface area contributed by atoms with Crippen molar-refractivity contribution in [2.75, 3.05) is 12.0 Å². The average molecular weight is 402 g/mol. The average Bonchev–Trinajstić information content (AvgIpc) is 2.91. The van der Waals surface area contributed by atoms with Crippen molar-refractivity contribution in [1.82, 2.24) is 9.97 Å². The summed E-state index contributed by atoms with van der Waals surface area (Å²) in [5, 5.41) is 0.107. The number of amides is 1. The molecule has 0 aromatic carbocycles. The molecule has 7 nitrogen and oxygen atoms in total. The first kappa shape index (κ1) is 20.1. The molecule has 0 aliphatic carbocycles. The molecule has 2 heterocycles. The monoisotopic (exact) mass is 401 g/mol. The molecule has 0 N–H and O–H groups in total. The molecule has 0 spiro atoms. The van der Waals surface area contributed by atoms with Crippen molar-refractivity contribution in [3.8, 4) is 5.88 Å². The molecule has 0 atom stereocenters. The van der Waals surface area contributed by atoms with Crippen LogP contribution in [0.2, 0.25) is 5.15 Å². The minimum absolute atomic E-state index is 0.0297. The lowest BCUT2D eigenvalue weighted by molar-refractivity contribution is 0.0577. The van der Waals surface area contributed by atoms with Gasteiger partial charge >= 0.3 is 6.09 Å². The second-order valence-corrected chi connectivity index (χ2v) is 7.52. The maximum atomic E-state index is 13.6. The van der Waals surface area contributed by atoms with E-state index in [-0.39, 0.29) is 27.6 Å². The standard InChI is InChI=1S/C16H17ClFN3O4S/c1-16(2,3)25-15(23)21(14-20-12(17)11(8-22)26-14)7-9-5-10(18)6-19-13(9)24-4/h5-6,8H,7H2,1-4H3. The summed E-state index contributed by atoms with van der Waals surface area (Å²) in [6.45, 7) is 4.99. The first-order valence-electron chi connectivity index (χ1n) is 7.45. The smallest absolute Gasteiger partial charge is 0.416 e. The number of hydrogen-bond donors (Lipinski definition) is 0.